The number of hydrogen-bond acceptors (Lipinski definition) is 5. The van der Waals surface area contributed by atoms with Crippen molar-refractivity contribution in [1.82, 2.24) is 4.57 Å². The number of carbonyl (C=O) groups is 1. The van der Waals surface area contributed by atoms with Crippen molar-refractivity contribution in [2.45, 2.75) is 19.9 Å². The summed E-state index contributed by atoms with van der Waals surface area (Å²) in [6.45, 7) is 4.02. The maximum atomic E-state index is 13.4. The van der Waals surface area contributed by atoms with Gasteiger partial charge in [0.1, 0.15) is 5.75 Å². The van der Waals surface area contributed by atoms with Crippen molar-refractivity contribution in [3.63, 3.8) is 0 Å². The van der Waals surface area contributed by atoms with Crippen LogP contribution in [-0.4, -0.2) is 36.8 Å². The number of aromatic nitrogens is 1. The molecule has 6 heteroatoms. The average molecular weight is 395 g/mol. The molecule has 0 saturated carbocycles. The zero-order chi connectivity index (χ0) is 21.1. The van der Waals surface area contributed by atoms with Crippen LogP contribution in [0.3, 0.4) is 0 Å². The molecule has 0 unspecified atom stereocenters. The Morgan fingerprint density at radius 2 is 1.59 bits per heavy atom. The summed E-state index contributed by atoms with van der Waals surface area (Å²) in [6.07, 6.45) is 1.92. The van der Waals surface area contributed by atoms with Gasteiger partial charge in [-0.05, 0) is 49.7 Å². The summed E-state index contributed by atoms with van der Waals surface area (Å²) in [6, 6.07) is 12.2. The molecule has 0 fully saturated rings. The summed E-state index contributed by atoms with van der Waals surface area (Å²) in [4.78, 5) is 13.4. The minimum Gasteiger partial charge on any atom is -0.508 e. The number of phenolic OH excluding ortho intramolecular Hbond substituents is 1. The Balaban J connectivity index is 2.12. The monoisotopic (exact) mass is 395 g/mol. The third-order valence-corrected chi connectivity index (χ3v) is 4.74. The highest BCUT2D eigenvalue weighted by atomic mass is 16.5. The van der Waals surface area contributed by atoms with Gasteiger partial charge in [0, 0.05) is 23.4 Å². The number of nitrogens with zero attached hydrogens (tertiary/aromatic N) is 1. The molecular formula is C23H25NO5. The highest BCUT2D eigenvalue weighted by Gasteiger charge is 2.22. The molecule has 29 heavy (non-hydrogen) atoms. The number of carbonyl (C=O) groups excluding carboxylic acids is 1. The van der Waals surface area contributed by atoms with E-state index in [0.29, 0.717) is 28.5 Å². The van der Waals surface area contributed by atoms with Gasteiger partial charge >= 0.3 is 0 Å². The number of aromatic hydroxyl groups is 1. The van der Waals surface area contributed by atoms with Crippen molar-refractivity contribution >= 4 is 5.78 Å². The van der Waals surface area contributed by atoms with Gasteiger partial charge in [-0.3, -0.25) is 4.79 Å². The molecule has 0 amide bonds. The Labute approximate surface area is 170 Å². The summed E-state index contributed by atoms with van der Waals surface area (Å²) < 4.78 is 18.0. The number of ether oxygens (including phenoxy) is 3. The lowest BCUT2D eigenvalue weighted by Crippen LogP contribution is -2.12. The normalized spacial score (nSPS) is 10.8. The topological polar surface area (TPSA) is 69.9 Å². The molecule has 0 spiro atoms. The Morgan fingerprint density at radius 3 is 2.10 bits per heavy atom. The average Bonchev–Trinajstić information content (AvgIpc) is 3.18. The summed E-state index contributed by atoms with van der Waals surface area (Å²) in [7, 11) is 4.55. The van der Waals surface area contributed by atoms with Gasteiger partial charge in [0.05, 0.1) is 27.0 Å². The molecule has 1 N–H and O–H groups in total. The van der Waals surface area contributed by atoms with E-state index in [1.807, 2.05) is 36.7 Å². The van der Waals surface area contributed by atoms with E-state index in [-0.39, 0.29) is 17.6 Å². The lowest BCUT2D eigenvalue weighted by Gasteiger charge is -2.15. The van der Waals surface area contributed by atoms with Crippen LogP contribution in [0.4, 0.5) is 0 Å². The second-order valence-electron chi connectivity index (χ2n) is 6.91. The summed E-state index contributed by atoms with van der Waals surface area (Å²) >= 11 is 0. The second kappa shape index (κ2) is 8.31. The second-order valence-corrected chi connectivity index (χ2v) is 6.91. The van der Waals surface area contributed by atoms with E-state index in [0.717, 1.165) is 11.1 Å². The third-order valence-electron chi connectivity index (χ3n) is 4.74. The van der Waals surface area contributed by atoms with Gasteiger partial charge in [-0.1, -0.05) is 12.1 Å². The fourth-order valence-corrected chi connectivity index (χ4v) is 3.29. The van der Waals surface area contributed by atoms with E-state index in [4.69, 9.17) is 14.2 Å². The Kier molecular flexibility index (Phi) is 5.82. The molecule has 0 bridgehead atoms. The quantitative estimate of drug-likeness (QED) is 0.587. The SMILES string of the molecule is COc1cc(C(=O)c2cc(-c3cccc(O)c3)cn2C(C)C)cc(OC)c1OC. The van der Waals surface area contributed by atoms with Gasteiger partial charge in [-0.25, -0.2) is 0 Å². The van der Waals surface area contributed by atoms with E-state index in [1.165, 1.54) is 21.3 Å². The molecule has 1 aromatic heterocycles. The Morgan fingerprint density at radius 1 is 0.931 bits per heavy atom. The van der Waals surface area contributed by atoms with Crippen LogP contribution < -0.4 is 14.2 Å². The number of rotatable bonds is 7. The molecule has 3 aromatic rings. The lowest BCUT2D eigenvalue weighted by atomic mass is 10.0. The summed E-state index contributed by atoms with van der Waals surface area (Å²) in [5.74, 6) is 1.30. The van der Waals surface area contributed by atoms with Crippen molar-refractivity contribution < 1.29 is 24.1 Å². The number of phenols is 1. The maximum absolute atomic E-state index is 13.4. The highest BCUT2D eigenvalue weighted by molar-refractivity contribution is 6.09. The van der Waals surface area contributed by atoms with Gasteiger partial charge in [0.25, 0.3) is 0 Å². The standard InChI is InChI=1S/C23H25NO5/c1-14(2)24-13-17(15-7-6-8-18(25)9-15)10-19(24)22(26)16-11-20(27-3)23(29-5)21(12-16)28-4/h6-14,25H,1-5H3. The number of methoxy groups -OCH3 is 3. The zero-order valence-electron chi connectivity index (χ0n) is 17.2. The van der Waals surface area contributed by atoms with Crippen molar-refractivity contribution in [1.29, 1.82) is 0 Å². The van der Waals surface area contributed by atoms with Crippen LogP contribution in [0.25, 0.3) is 11.1 Å². The van der Waals surface area contributed by atoms with Gasteiger partial charge < -0.3 is 23.9 Å². The van der Waals surface area contributed by atoms with Gasteiger partial charge in [-0.2, -0.15) is 0 Å². The predicted molar refractivity (Wildman–Crippen MR) is 111 cm³/mol. The van der Waals surface area contributed by atoms with E-state index < -0.39 is 0 Å². The number of ketones is 1. The first kappa shape index (κ1) is 20.3. The van der Waals surface area contributed by atoms with Crippen molar-refractivity contribution in [2.75, 3.05) is 21.3 Å². The fraction of sp³-hybridized carbons (Fsp3) is 0.261. The van der Waals surface area contributed by atoms with Crippen LogP contribution in [-0.2, 0) is 0 Å². The molecule has 0 saturated heterocycles. The Bertz CT molecular complexity index is 1010. The van der Waals surface area contributed by atoms with Crippen LogP contribution in [0.1, 0.15) is 35.9 Å². The van der Waals surface area contributed by atoms with E-state index in [1.54, 1.807) is 30.3 Å². The molecule has 3 rings (SSSR count). The molecule has 0 aliphatic heterocycles. The smallest absolute Gasteiger partial charge is 0.209 e. The fourth-order valence-electron chi connectivity index (χ4n) is 3.29. The van der Waals surface area contributed by atoms with Gasteiger partial charge in [0.15, 0.2) is 11.5 Å². The maximum Gasteiger partial charge on any atom is 0.209 e. The van der Waals surface area contributed by atoms with Crippen LogP contribution >= 0.6 is 0 Å². The minimum atomic E-state index is -0.163. The molecule has 2 aromatic carbocycles. The molecule has 152 valence electrons. The van der Waals surface area contributed by atoms with Crippen LogP contribution in [0.15, 0.2) is 48.7 Å². The van der Waals surface area contributed by atoms with Crippen molar-refractivity contribution in [2.24, 2.45) is 0 Å². The lowest BCUT2D eigenvalue weighted by molar-refractivity contribution is 0.102. The first-order chi connectivity index (χ1) is 13.9. The predicted octanol–water partition coefficient (Wildman–Crippen LogP) is 4.70. The molecule has 6 nitrogen and oxygen atoms in total. The third kappa shape index (κ3) is 3.92. The van der Waals surface area contributed by atoms with Gasteiger partial charge in [-0.15, -0.1) is 0 Å². The van der Waals surface area contributed by atoms with E-state index >= 15 is 0 Å². The highest BCUT2D eigenvalue weighted by Crippen LogP contribution is 2.39. The van der Waals surface area contributed by atoms with E-state index in [9.17, 15) is 9.90 Å². The van der Waals surface area contributed by atoms with Crippen LogP contribution in [0.5, 0.6) is 23.0 Å². The van der Waals surface area contributed by atoms with Crippen molar-refractivity contribution in [3.05, 3.63) is 59.9 Å². The molecule has 0 atom stereocenters. The van der Waals surface area contributed by atoms with Crippen LogP contribution in [0.2, 0.25) is 0 Å². The van der Waals surface area contributed by atoms with Crippen molar-refractivity contribution in [3.8, 4) is 34.1 Å². The Hall–Kier alpha value is -3.41. The zero-order valence-corrected chi connectivity index (χ0v) is 17.2. The summed E-state index contributed by atoms with van der Waals surface area (Å²) in [5.41, 5.74) is 2.66. The first-order valence-corrected chi connectivity index (χ1v) is 9.25. The summed E-state index contributed by atoms with van der Waals surface area (Å²) in [5, 5.41) is 9.80. The molecular weight excluding hydrogens is 370 g/mol. The van der Waals surface area contributed by atoms with E-state index in [2.05, 4.69) is 0 Å². The number of benzene rings is 2. The first-order valence-electron chi connectivity index (χ1n) is 9.25. The number of hydrogen-bond donors (Lipinski definition) is 1. The molecule has 0 radical (unpaired) electrons. The largest absolute Gasteiger partial charge is 0.508 e. The van der Waals surface area contributed by atoms with Gasteiger partial charge in [0.2, 0.25) is 11.5 Å². The molecule has 0 aliphatic rings. The molecule has 0 aliphatic carbocycles. The molecule has 1 heterocycles. The minimum absolute atomic E-state index is 0.0713. The van der Waals surface area contributed by atoms with Crippen LogP contribution in [0, 0.1) is 0 Å².